The normalized spacial score (nSPS) is 48.6. The first-order chi connectivity index (χ1) is 6.83. The van der Waals surface area contributed by atoms with Crippen LogP contribution in [0.5, 0.6) is 0 Å². The van der Waals surface area contributed by atoms with Gasteiger partial charge in [0.15, 0.2) is 5.78 Å². The minimum atomic E-state index is -0.801. The van der Waals surface area contributed by atoms with E-state index in [9.17, 15) is 9.59 Å². The maximum absolute atomic E-state index is 12.0. The number of rotatable bonds is 2. The minimum Gasteiger partial charge on any atom is -0.481 e. The van der Waals surface area contributed by atoms with E-state index in [1.807, 2.05) is 13.8 Å². The second-order valence-corrected chi connectivity index (χ2v) is 6.22. The Morgan fingerprint density at radius 2 is 2.20 bits per heavy atom. The lowest BCUT2D eigenvalue weighted by Gasteiger charge is -2.34. The Morgan fingerprint density at radius 3 is 2.60 bits per heavy atom. The van der Waals surface area contributed by atoms with Crippen molar-refractivity contribution in [1.29, 1.82) is 0 Å². The summed E-state index contributed by atoms with van der Waals surface area (Å²) < 4.78 is 0. The molecule has 4 heteroatoms. The van der Waals surface area contributed by atoms with Crippen LogP contribution >= 0.6 is 15.9 Å². The Labute approximate surface area is 97.4 Å². The third-order valence-corrected chi connectivity index (χ3v) is 5.75. The predicted octanol–water partition coefficient (Wildman–Crippen LogP) is 2.23. The highest BCUT2D eigenvalue weighted by molar-refractivity contribution is 9.10. The van der Waals surface area contributed by atoms with E-state index in [0.29, 0.717) is 0 Å². The van der Waals surface area contributed by atoms with E-state index in [4.69, 9.17) is 5.11 Å². The van der Waals surface area contributed by atoms with Gasteiger partial charge in [-0.3, -0.25) is 9.59 Å². The SMILES string of the molecule is C[C@]12CC[C@@H]([C@@H](Br)C1=O)[C@@]2(C)CC(=O)O. The molecule has 2 bridgehead atoms. The smallest absolute Gasteiger partial charge is 0.303 e. The minimum absolute atomic E-state index is 0.0992. The zero-order chi connectivity index (χ0) is 11.4. The number of fused-ring (bicyclic) bond motifs is 2. The molecule has 3 nitrogen and oxygen atoms in total. The molecule has 0 radical (unpaired) electrons. The second kappa shape index (κ2) is 3.06. The van der Waals surface area contributed by atoms with Crippen LogP contribution in [-0.4, -0.2) is 21.7 Å². The van der Waals surface area contributed by atoms with Gasteiger partial charge in [-0.15, -0.1) is 0 Å². The zero-order valence-electron chi connectivity index (χ0n) is 8.92. The van der Waals surface area contributed by atoms with Crippen LogP contribution in [-0.2, 0) is 9.59 Å². The average molecular weight is 275 g/mol. The van der Waals surface area contributed by atoms with Crippen LogP contribution in [0.4, 0.5) is 0 Å². The molecule has 2 fully saturated rings. The molecule has 15 heavy (non-hydrogen) atoms. The van der Waals surface area contributed by atoms with Gasteiger partial charge < -0.3 is 5.11 Å². The fourth-order valence-electron chi connectivity index (χ4n) is 3.46. The van der Waals surface area contributed by atoms with Gasteiger partial charge in [0.25, 0.3) is 0 Å². The van der Waals surface area contributed by atoms with Gasteiger partial charge in [-0.1, -0.05) is 29.8 Å². The molecule has 2 rings (SSSR count). The molecule has 0 aromatic rings. The summed E-state index contributed by atoms with van der Waals surface area (Å²) >= 11 is 3.42. The monoisotopic (exact) mass is 274 g/mol. The second-order valence-electron chi connectivity index (χ2n) is 5.23. The van der Waals surface area contributed by atoms with E-state index in [1.165, 1.54) is 0 Å². The molecule has 2 saturated carbocycles. The molecule has 0 aromatic heterocycles. The largest absolute Gasteiger partial charge is 0.481 e. The number of halogens is 1. The van der Waals surface area contributed by atoms with E-state index in [0.717, 1.165) is 12.8 Å². The summed E-state index contributed by atoms with van der Waals surface area (Å²) in [5, 5.41) is 8.96. The summed E-state index contributed by atoms with van der Waals surface area (Å²) in [5.74, 6) is -0.418. The van der Waals surface area contributed by atoms with Crippen LogP contribution in [0.15, 0.2) is 0 Å². The lowest BCUT2D eigenvalue weighted by atomic mass is 9.67. The highest BCUT2D eigenvalue weighted by Gasteiger charge is 2.68. The quantitative estimate of drug-likeness (QED) is 0.786. The van der Waals surface area contributed by atoms with E-state index in [1.54, 1.807) is 0 Å². The Morgan fingerprint density at radius 1 is 1.60 bits per heavy atom. The van der Waals surface area contributed by atoms with Crippen molar-refractivity contribution in [2.24, 2.45) is 16.7 Å². The maximum atomic E-state index is 12.0. The molecule has 0 heterocycles. The summed E-state index contributed by atoms with van der Waals surface area (Å²) in [6.45, 7) is 3.89. The van der Waals surface area contributed by atoms with Crippen molar-refractivity contribution in [1.82, 2.24) is 0 Å². The molecular formula is C11H15BrO3. The number of carbonyl (C=O) groups is 2. The van der Waals surface area contributed by atoms with Crippen molar-refractivity contribution in [3.63, 3.8) is 0 Å². The molecule has 1 N–H and O–H groups in total. The van der Waals surface area contributed by atoms with Crippen LogP contribution < -0.4 is 0 Å². The molecule has 2 aliphatic rings. The summed E-state index contributed by atoms with van der Waals surface area (Å²) in [5.41, 5.74) is -0.811. The molecule has 0 spiro atoms. The van der Waals surface area contributed by atoms with Crippen LogP contribution in [0.2, 0.25) is 0 Å². The molecule has 4 atom stereocenters. The van der Waals surface area contributed by atoms with Crippen LogP contribution in [0.25, 0.3) is 0 Å². The number of carboxylic acid groups (broad SMARTS) is 1. The van der Waals surface area contributed by atoms with E-state index >= 15 is 0 Å². The number of alkyl halides is 1. The van der Waals surface area contributed by atoms with E-state index in [2.05, 4.69) is 15.9 Å². The summed E-state index contributed by atoms with van der Waals surface area (Å²) in [6, 6.07) is 0. The standard InChI is InChI=1S/C11H15BrO3/c1-10-4-3-6(8(12)9(10)15)11(10,2)5-7(13)14/h6,8H,3-5H2,1-2H3,(H,13,14)/t6-,8+,10-,11+/m0/s1. The van der Waals surface area contributed by atoms with Crippen molar-refractivity contribution in [2.45, 2.75) is 37.9 Å². The number of carbonyl (C=O) groups excluding carboxylic acids is 1. The number of hydrogen-bond donors (Lipinski definition) is 1. The van der Waals surface area contributed by atoms with Crippen molar-refractivity contribution >= 4 is 27.7 Å². The van der Waals surface area contributed by atoms with Crippen molar-refractivity contribution < 1.29 is 14.7 Å². The van der Waals surface area contributed by atoms with Gasteiger partial charge in [0, 0.05) is 5.41 Å². The van der Waals surface area contributed by atoms with Gasteiger partial charge in [-0.25, -0.2) is 0 Å². The van der Waals surface area contributed by atoms with Crippen molar-refractivity contribution in [3.05, 3.63) is 0 Å². The van der Waals surface area contributed by atoms with Gasteiger partial charge in [-0.2, -0.15) is 0 Å². The summed E-state index contributed by atoms with van der Waals surface area (Å²) in [6.07, 6.45) is 1.90. The first kappa shape index (κ1) is 11.1. The number of ketones is 1. The van der Waals surface area contributed by atoms with Crippen LogP contribution in [0, 0.1) is 16.7 Å². The molecule has 2 aliphatic carbocycles. The first-order valence-corrected chi connectivity index (χ1v) is 6.15. The third-order valence-electron chi connectivity index (χ3n) is 4.70. The van der Waals surface area contributed by atoms with Gasteiger partial charge in [-0.05, 0) is 24.2 Å². The Hall–Kier alpha value is -0.380. The van der Waals surface area contributed by atoms with Crippen molar-refractivity contribution in [2.75, 3.05) is 0 Å². The summed E-state index contributed by atoms with van der Waals surface area (Å²) in [4.78, 5) is 22.8. The Kier molecular flexibility index (Phi) is 2.27. The molecule has 0 unspecified atom stereocenters. The van der Waals surface area contributed by atoms with E-state index < -0.39 is 11.4 Å². The highest BCUT2D eigenvalue weighted by atomic mass is 79.9. The molecular weight excluding hydrogens is 260 g/mol. The zero-order valence-corrected chi connectivity index (χ0v) is 10.5. The third kappa shape index (κ3) is 1.17. The number of Topliss-reactive ketones (excluding diaryl/α,β-unsaturated/α-hetero) is 1. The molecule has 0 amide bonds. The maximum Gasteiger partial charge on any atom is 0.303 e. The fourth-order valence-corrected chi connectivity index (χ4v) is 4.81. The predicted molar refractivity (Wildman–Crippen MR) is 58.9 cm³/mol. The fraction of sp³-hybridized carbons (Fsp3) is 0.818. The molecule has 84 valence electrons. The molecule has 0 aromatic carbocycles. The van der Waals surface area contributed by atoms with Gasteiger partial charge >= 0.3 is 5.97 Å². The first-order valence-electron chi connectivity index (χ1n) is 5.23. The lowest BCUT2D eigenvalue weighted by molar-refractivity contribution is -0.142. The Bertz CT molecular complexity index is 341. The van der Waals surface area contributed by atoms with Gasteiger partial charge in [0.2, 0.25) is 0 Å². The average Bonchev–Trinajstić information content (AvgIpc) is 2.42. The van der Waals surface area contributed by atoms with Crippen LogP contribution in [0.3, 0.4) is 0 Å². The van der Waals surface area contributed by atoms with Crippen molar-refractivity contribution in [3.8, 4) is 0 Å². The highest BCUT2D eigenvalue weighted by Crippen LogP contribution is 2.66. The number of hydrogen-bond acceptors (Lipinski definition) is 2. The Balaban J connectivity index is 2.42. The number of aliphatic carboxylic acids is 1. The van der Waals surface area contributed by atoms with Gasteiger partial charge in [0.1, 0.15) is 0 Å². The lowest BCUT2D eigenvalue weighted by Crippen LogP contribution is -2.37. The van der Waals surface area contributed by atoms with Crippen LogP contribution in [0.1, 0.15) is 33.1 Å². The van der Waals surface area contributed by atoms with Gasteiger partial charge in [0.05, 0.1) is 11.2 Å². The summed E-state index contributed by atoms with van der Waals surface area (Å²) in [7, 11) is 0. The topological polar surface area (TPSA) is 54.4 Å². The van der Waals surface area contributed by atoms with E-state index in [-0.39, 0.29) is 28.4 Å². The molecule has 0 saturated heterocycles. The molecule has 0 aliphatic heterocycles. The number of carboxylic acids is 1.